The van der Waals surface area contributed by atoms with Gasteiger partial charge in [0.2, 0.25) is 0 Å². The quantitative estimate of drug-likeness (QED) is 0.773. The molecule has 1 aliphatic carbocycles. The van der Waals surface area contributed by atoms with Crippen LogP contribution in [0.15, 0.2) is 11.4 Å². The Hall–Kier alpha value is -0.0500. The van der Waals surface area contributed by atoms with Gasteiger partial charge in [-0.3, -0.25) is 0 Å². The monoisotopic (exact) mass is 258 g/mol. The number of thiophene rings is 1. The highest BCUT2D eigenvalue weighted by molar-refractivity contribution is 7.10. The van der Waals surface area contributed by atoms with Crippen molar-refractivity contribution in [3.8, 4) is 0 Å². The Morgan fingerprint density at radius 1 is 1.31 bits per heavy atom. The summed E-state index contributed by atoms with van der Waals surface area (Å²) in [5.74, 6) is 0.690. The van der Waals surface area contributed by atoms with Crippen molar-refractivity contribution in [1.29, 1.82) is 0 Å². The van der Waals surface area contributed by atoms with Gasteiger partial charge in [-0.2, -0.15) is 0 Å². The van der Waals surface area contributed by atoms with Gasteiger partial charge >= 0.3 is 0 Å². The van der Waals surface area contributed by atoms with Gasteiger partial charge in [0.15, 0.2) is 0 Å². The lowest BCUT2D eigenvalue weighted by Crippen LogP contribution is -2.06. The van der Waals surface area contributed by atoms with Gasteiger partial charge in [0, 0.05) is 0 Å². The summed E-state index contributed by atoms with van der Waals surface area (Å²) in [7, 11) is 0. The van der Waals surface area contributed by atoms with E-state index in [1.807, 2.05) is 11.4 Å². The van der Waals surface area contributed by atoms with Crippen molar-refractivity contribution in [2.24, 2.45) is 5.92 Å². The molecule has 0 bridgehead atoms. The molecule has 1 fully saturated rings. The molecular weight excluding hydrogens is 240 g/mol. The Kier molecular flexibility index (Phi) is 4.68. The predicted octanol–water partition coefficient (Wildman–Crippen LogP) is 4.80. The molecule has 0 spiro atoms. The lowest BCUT2D eigenvalue weighted by molar-refractivity contribution is 0.142. The first kappa shape index (κ1) is 12.4. The molecule has 1 aliphatic rings. The van der Waals surface area contributed by atoms with Gasteiger partial charge in [0.05, 0.1) is 16.0 Å². The summed E-state index contributed by atoms with van der Waals surface area (Å²) < 4.78 is 0. The molecular formula is C13H19ClOS. The molecule has 0 aliphatic heterocycles. The van der Waals surface area contributed by atoms with E-state index in [0.29, 0.717) is 5.92 Å². The van der Waals surface area contributed by atoms with Crippen molar-refractivity contribution >= 4 is 22.9 Å². The zero-order chi connectivity index (χ0) is 11.4. The first-order chi connectivity index (χ1) is 7.77. The normalized spacial score (nSPS) is 20.6. The van der Waals surface area contributed by atoms with Crippen LogP contribution in [0.1, 0.15) is 55.9 Å². The van der Waals surface area contributed by atoms with Crippen molar-refractivity contribution in [1.82, 2.24) is 0 Å². The largest absolute Gasteiger partial charge is 0.388 e. The number of hydrogen-bond donors (Lipinski definition) is 1. The standard InChI is InChI=1S/C13H19ClOS/c14-11-7-8-16-13(11)12(15)9-10-5-3-1-2-4-6-10/h7-8,10,12,15H,1-6,9H2. The first-order valence-corrected chi connectivity index (χ1v) is 7.44. The lowest BCUT2D eigenvalue weighted by Gasteiger charge is -2.17. The summed E-state index contributed by atoms with van der Waals surface area (Å²) >= 11 is 7.60. The molecule has 1 N–H and O–H groups in total. The molecule has 90 valence electrons. The van der Waals surface area contributed by atoms with Gasteiger partial charge in [0.1, 0.15) is 0 Å². The summed E-state index contributed by atoms with van der Waals surface area (Å²) in [5.41, 5.74) is 0. The minimum absolute atomic E-state index is 0.351. The van der Waals surface area contributed by atoms with Gasteiger partial charge in [-0.15, -0.1) is 11.3 Å². The van der Waals surface area contributed by atoms with Crippen LogP contribution in [0.25, 0.3) is 0 Å². The van der Waals surface area contributed by atoms with Crippen molar-refractivity contribution < 1.29 is 5.11 Å². The van der Waals surface area contributed by atoms with Crippen molar-refractivity contribution in [2.75, 3.05) is 0 Å². The van der Waals surface area contributed by atoms with E-state index in [9.17, 15) is 5.11 Å². The molecule has 0 saturated heterocycles. The zero-order valence-electron chi connectivity index (χ0n) is 9.49. The number of hydrogen-bond acceptors (Lipinski definition) is 2. The second-order valence-corrected chi connectivity index (χ2v) is 6.10. The summed E-state index contributed by atoms with van der Waals surface area (Å²) in [5, 5.41) is 12.8. The van der Waals surface area contributed by atoms with Crippen LogP contribution >= 0.6 is 22.9 Å². The fraction of sp³-hybridized carbons (Fsp3) is 0.692. The summed E-state index contributed by atoms with van der Waals surface area (Å²) in [6, 6.07) is 1.87. The highest BCUT2D eigenvalue weighted by Crippen LogP contribution is 2.35. The third-order valence-electron chi connectivity index (χ3n) is 3.48. The summed E-state index contributed by atoms with van der Waals surface area (Å²) in [6.45, 7) is 0. The van der Waals surface area contributed by atoms with Crippen LogP contribution in [0.2, 0.25) is 5.02 Å². The van der Waals surface area contributed by atoms with E-state index in [2.05, 4.69) is 0 Å². The molecule has 0 amide bonds. The minimum atomic E-state index is -0.351. The molecule has 0 aromatic carbocycles. The summed E-state index contributed by atoms with van der Waals surface area (Å²) in [6.07, 6.45) is 8.49. The molecule has 3 heteroatoms. The Balaban J connectivity index is 1.91. The molecule has 1 nitrogen and oxygen atoms in total. The van der Waals surface area contributed by atoms with E-state index in [0.717, 1.165) is 16.3 Å². The highest BCUT2D eigenvalue weighted by atomic mass is 35.5. The van der Waals surface area contributed by atoms with E-state index >= 15 is 0 Å². The molecule has 0 radical (unpaired) electrons. The summed E-state index contributed by atoms with van der Waals surface area (Å²) in [4.78, 5) is 0.950. The van der Waals surface area contributed by atoms with E-state index < -0.39 is 0 Å². The van der Waals surface area contributed by atoms with Crippen LogP contribution in [0.3, 0.4) is 0 Å². The maximum atomic E-state index is 10.2. The maximum Gasteiger partial charge on any atom is 0.0899 e. The molecule has 2 rings (SSSR count). The molecule has 1 saturated carbocycles. The Morgan fingerprint density at radius 2 is 2.00 bits per heavy atom. The Labute approximate surface area is 106 Å². The zero-order valence-corrected chi connectivity index (χ0v) is 11.1. The van der Waals surface area contributed by atoms with Crippen LogP contribution in [0, 0.1) is 5.92 Å². The molecule has 1 aromatic heterocycles. The SMILES string of the molecule is OC(CC1CCCCCC1)c1sccc1Cl. The smallest absolute Gasteiger partial charge is 0.0899 e. The molecule has 1 atom stereocenters. The second-order valence-electron chi connectivity index (χ2n) is 4.74. The van der Waals surface area contributed by atoms with Crippen molar-refractivity contribution in [3.63, 3.8) is 0 Å². The average molecular weight is 259 g/mol. The van der Waals surface area contributed by atoms with Crippen LogP contribution in [0.5, 0.6) is 0 Å². The van der Waals surface area contributed by atoms with Crippen molar-refractivity contribution in [3.05, 3.63) is 21.3 Å². The average Bonchev–Trinajstić information content (AvgIpc) is 2.53. The van der Waals surface area contributed by atoms with Gasteiger partial charge < -0.3 is 5.11 Å². The van der Waals surface area contributed by atoms with Crippen molar-refractivity contribution in [2.45, 2.75) is 51.0 Å². The molecule has 1 unspecified atom stereocenters. The molecule has 1 heterocycles. The molecule has 16 heavy (non-hydrogen) atoms. The van der Waals surface area contributed by atoms with E-state index in [4.69, 9.17) is 11.6 Å². The first-order valence-electron chi connectivity index (χ1n) is 6.18. The van der Waals surface area contributed by atoms with Crippen LogP contribution in [-0.2, 0) is 0 Å². The number of aliphatic hydroxyl groups excluding tert-OH is 1. The second kappa shape index (κ2) is 6.04. The minimum Gasteiger partial charge on any atom is -0.388 e. The Morgan fingerprint density at radius 3 is 2.56 bits per heavy atom. The number of rotatable bonds is 3. The van der Waals surface area contributed by atoms with Gasteiger partial charge in [0.25, 0.3) is 0 Å². The van der Waals surface area contributed by atoms with Crippen LogP contribution < -0.4 is 0 Å². The van der Waals surface area contributed by atoms with Crippen LogP contribution in [-0.4, -0.2) is 5.11 Å². The maximum absolute atomic E-state index is 10.2. The third kappa shape index (κ3) is 3.22. The van der Waals surface area contributed by atoms with E-state index in [1.165, 1.54) is 38.5 Å². The topological polar surface area (TPSA) is 20.2 Å². The van der Waals surface area contributed by atoms with E-state index in [1.54, 1.807) is 11.3 Å². The molecule has 1 aromatic rings. The lowest BCUT2D eigenvalue weighted by atomic mass is 9.93. The fourth-order valence-electron chi connectivity index (χ4n) is 2.57. The van der Waals surface area contributed by atoms with Gasteiger partial charge in [-0.05, 0) is 23.8 Å². The van der Waals surface area contributed by atoms with Crippen LogP contribution in [0.4, 0.5) is 0 Å². The number of halogens is 1. The third-order valence-corrected chi connectivity index (χ3v) is 4.94. The predicted molar refractivity (Wildman–Crippen MR) is 70.1 cm³/mol. The van der Waals surface area contributed by atoms with E-state index in [-0.39, 0.29) is 6.10 Å². The number of aliphatic hydroxyl groups is 1. The Bertz CT molecular complexity index is 315. The van der Waals surface area contributed by atoms with Gasteiger partial charge in [-0.1, -0.05) is 50.1 Å². The highest BCUT2D eigenvalue weighted by Gasteiger charge is 2.20. The van der Waals surface area contributed by atoms with Gasteiger partial charge in [-0.25, -0.2) is 0 Å². The fourth-order valence-corrected chi connectivity index (χ4v) is 3.75.